The number of hydrogen-bond acceptors (Lipinski definition) is 4. The highest BCUT2D eigenvalue weighted by atomic mass is 79.9. The fourth-order valence-corrected chi connectivity index (χ4v) is 2.71. The molecule has 0 spiro atoms. The predicted molar refractivity (Wildman–Crippen MR) is 103 cm³/mol. The van der Waals surface area contributed by atoms with Gasteiger partial charge in [-0.15, -0.1) is 0 Å². The van der Waals surface area contributed by atoms with E-state index >= 15 is 0 Å². The van der Waals surface area contributed by atoms with Crippen LogP contribution in [0.2, 0.25) is 0 Å². The van der Waals surface area contributed by atoms with Crippen LogP contribution in [0.15, 0.2) is 59.3 Å². The molecule has 0 unspecified atom stereocenters. The van der Waals surface area contributed by atoms with Crippen molar-refractivity contribution >= 4 is 39.2 Å². The zero-order chi connectivity index (χ0) is 17.8. The Balaban J connectivity index is 1.69. The zero-order valence-electron chi connectivity index (χ0n) is 13.9. The average molecular weight is 397 g/mol. The number of anilines is 3. The summed E-state index contributed by atoms with van der Waals surface area (Å²) in [5.74, 6) is 0.201. The highest BCUT2D eigenvalue weighted by Crippen LogP contribution is 2.22. The normalized spacial score (nSPS) is 10.4. The van der Waals surface area contributed by atoms with Crippen LogP contribution in [0.1, 0.15) is 21.5 Å². The first-order valence-corrected chi connectivity index (χ1v) is 8.54. The maximum atomic E-state index is 12.2. The van der Waals surface area contributed by atoms with Gasteiger partial charge in [-0.3, -0.25) is 4.79 Å². The minimum atomic E-state index is -0.241. The van der Waals surface area contributed by atoms with Gasteiger partial charge in [-0.05, 0) is 49.7 Å². The van der Waals surface area contributed by atoms with Crippen molar-refractivity contribution < 1.29 is 4.79 Å². The predicted octanol–water partition coefficient (Wildman–Crippen LogP) is 4.85. The van der Waals surface area contributed by atoms with Crippen molar-refractivity contribution in [2.45, 2.75) is 13.8 Å². The molecule has 0 radical (unpaired) electrons. The molecule has 6 heteroatoms. The van der Waals surface area contributed by atoms with E-state index in [0.29, 0.717) is 11.5 Å². The minimum absolute atomic E-state index is 0.241. The molecule has 2 N–H and O–H groups in total. The van der Waals surface area contributed by atoms with E-state index in [0.717, 1.165) is 27.0 Å². The molecule has 0 saturated heterocycles. The van der Waals surface area contributed by atoms with Crippen molar-refractivity contribution in [3.63, 3.8) is 0 Å². The summed E-state index contributed by atoms with van der Waals surface area (Å²) < 4.78 is 1.01. The Kier molecular flexibility index (Phi) is 5.09. The van der Waals surface area contributed by atoms with Gasteiger partial charge in [-0.25, -0.2) is 9.97 Å². The molecule has 2 aromatic carbocycles. The first kappa shape index (κ1) is 17.1. The van der Waals surface area contributed by atoms with Gasteiger partial charge in [-0.2, -0.15) is 0 Å². The molecular formula is C19H17BrN4O. The number of nitrogens with one attached hydrogen (secondary N) is 2. The number of hydrogen-bond donors (Lipinski definition) is 2. The third kappa shape index (κ3) is 4.42. The van der Waals surface area contributed by atoms with E-state index in [2.05, 4.69) is 36.5 Å². The number of benzene rings is 2. The summed E-state index contributed by atoms with van der Waals surface area (Å²) in [5.41, 5.74) is 4.26. The lowest BCUT2D eigenvalue weighted by Crippen LogP contribution is -2.13. The molecule has 1 heterocycles. The summed E-state index contributed by atoms with van der Waals surface area (Å²) in [4.78, 5) is 20.7. The van der Waals surface area contributed by atoms with Crippen LogP contribution in [-0.2, 0) is 0 Å². The summed E-state index contributed by atoms with van der Waals surface area (Å²) in [5, 5.41) is 5.97. The van der Waals surface area contributed by atoms with Gasteiger partial charge in [0.05, 0.1) is 5.56 Å². The Bertz CT molecular complexity index is 892. The van der Waals surface area contributed by atoms with Gasteiger partial charge in [0.15, 0.2) is 0 Å². The van der Waals surface area contributed by atoms with Crippen molar-refractivity contribution in [2.24, 2.45) is 0 Å². The first-order chi connectivity index (χ1) is 12.0. The maximum absolute atomic E-state index is 12.2. The van der Waals surface area contributed by atoms with Crippen molar-refractivity contribution in [1.29, 1.82) is 0 Å². The fourth-order valence-electron chi connectivity index (χ4n) is 2.24. The quantitative estimate of drug-likeness (QED) is 0.661. The number of rotatable bonds is 4. The van der Waals surface area contributed by atoms with Gasteiger partial charge >= 0.3 is 0 Å². The van der Waals surface area contributed by atoms with Gasteiger partial charge in [0.25, 0.3) is 5.91 Å². The van der Waals surface area contributed by atoms with Crippen LogP contribution in [0, 0.1) is 13.8 Å². The fraction of sp³-hybridized carbons (Fsp3) is 0.105. The van der Waals surface area contributed by atoms with Gasteiger partial charge < -0.3 is 10.6 Å². The molecule has 3 rings (SSSR count). The van der Waals surface area contributed by atoms with Crippen LogP contribution in [0.25, 0.3) is 0 Å². The van der Waals surface area contributed by atoms with E-state index in [4.69, 9.17) is 0 Å². The number of aryl methyl sites for hydroxylation is 2. The Morgan fingerprint density at radius 3 is 2.32 bits per heavy atom. The SMILES string of the molecule is Cc1ccc(NC(=O)c2cnc(Nc3ccc(Br)cc3C)nc2)cc1. The van der Waals surface area contributed by atoms with Crippen LogP contribution in [-0.4, -0.2) is 15.9 Å². The Morgan fingerprint density at radius 1 is 1.00 bits per heavy atom. The molecule has 5 nitrogen and oxygen atoms in total. The summed E-state index contributed by atoms with van der Waals surface area (Å²) in [7, 11) is 0. The van der Waals surface area contributed by atoms with E-state index < -0.39 is 0 Å². The Labute approximate surface area is 154 Å². The Hall–Kier alpha value is -2.73. The summed E-state index contributed by atoms with van der Waals surface area (Å²) in [6, 6.07) is 13.5. The van der Waals surface area contributed by atoms with Crippen molar-refractivity contribution in [2.75, 3.05) is 10.6 Å². The second kappa shape index (κ2) is 7.44. The zero-order valence-corrected chi connectivity index (χ0v) is 15.5. The third-order valence-corrected chi connectivity index (χ3v) is 4.15. The molecule has 25 heavy (non-hydrogen) atoms. The molecule has 0 aliphatic heterocycles. The molecule has 0 aliphatic rings. The molecule has 0 atom stereocenters. The second-order valence-electron chi connectivity index (χ2n) is 5.70. The van der Waals surface area contributed by atoms with E-state index in [9.17, 15) is 4.79 Å². The van der Waals surface area contributed by atoms with Gasteiger partial charge in [0, 0.05) is 28.2 Å². The van der Waals surface area contributed by atoms with E-state index in [1.54, 1.807) is 0 Å². The molecule has 126 valence electrons. The van der Waals surface area contributed by atoms with Crippen molar-refractivity contribution in [3.8, 4) is 0 Å². The van der Waals surface area contributed by atoms with Gasteiger partial charge in [0.2, 0.25) is 5.95 Å². The number of aromatic nitrogens is 2. The number of nitrogens with zero attached hydrogens (tertiary/aromatic N) is 2. The van der Waals surface area contributed by atoms with Crippen LogP contribution in [0.3, 0.4) is 0 Å². The molecule has 1 amide bonds. The highest BCUT2D eigenvalue weighted by molar-refractivity contribution is 9.10. The molecule has 0 saturated carbocycles. The molecule has 0 aliphatic carbocycles. The monoisotopic (exact) mass is 396 g/mol. The summed E-state index contributed by atoms with van der Waals surface area (Å²) in [6.45, 7) is 3.99. The highest BCUT2D eigenvalue weighted by Gasteiger charge is 2.08. The lowest BCUT2D eigenvalue weighted by molar-refractivity contribution is 0.102. The Morgan fingerprint density at radius 2 is 1.68 bits per heavy atom. The van der Waals surface area contributed by atoms with E-state index in [-0.39, 0.29) is 5.91 Å². The summed E-state index contributed by atoms with van der Waals surface area (Å²) in [6.07, 6.45) is 3.01. The van der Waals surface area contributed by atoms with Crippen LogP contribution < -0.4 is 10.6 Å². The molecule has 1 aromatic heterocycles. The molecule has 0 bridgehead atoms. The number of halogens is 1. The lowest BCUT2D eigenvalue weighted by atomic mass is 10.2. The third-order valence-electron chi connectivity index (χ3n) is 3.66. The van der Waals surface area contributed by atoms with Crippen LogP contribution in [0.4, 0.5) is 17.3 Å². The minimum Gasteiger partial charge on any atom is -0.324 e. The van der Waals surface area contributed by atoms with Gasteiger partial charge in [-0.1, -0.05) is 33.6 Å². The number of amides is 1. The molecular weight excluding hydrogens is 380 g/mol. The van der Waals surface area contributed by atoms with Crippen molar-refractivity contribution in [1.82, 2.24) is 9.97 Å². The van der Waals surface area contributed by atoms with Gasteiger partial charge in [0.1, 0.15) is 0 Å². The largest absolute Gasteiger partial charge is 0.324 e. The first-order valence-electron chi connectivity index (χ1n) is 7.74. The second-order valence-corrected chi connectivity index (χ2v) is 6.62. The van der Waals surface area contributed by atoms with E-state index in [1.165, 1.54) is 12.4 Å². The van der Waals surface area contributed by atoms with E-state index in [1.807, 2.05) is 56.3 Å². The standard InChI is InChI=1S/C19H17BrN4O/c1-12-3-6-16(7-4-12)23-18(25)14-10-21-19(22-11-14)24-17-8-5-15(20)9-13(17)2/h3-11H,1-2H3,(H,23,25)(H,21,22,24). The summed E-state index contributed by atoms with van der Waals surface area (Å²) >= 11 is 3.43. The number of carbonyl (C=O) groups is 1. The molecule has 0 fully saturated rings. The number of carbonyl (C=O) groups excluding carboxylic acids is 1. The topological polar surface area (TPSA) is 66.9 Å². The maximum Gasteiger partial charge on any atom is 0.258 e. The molecule has 3 aromatic rings. The van der Waals surface area contributed by atoms with Crippen LogP contribution >= 0.6 is 15.9 Å². The van der Waals surface area contributed by atoms with Crippen LogP contribution in [0.5, 0.6) is 0 Å². The van der Waals surface area contributed by atoms with Crippen molar-refractivity contribution in [3.05, 3.63) is 76.0 Å². The lowest BCUT2D eigenvalue weighted by Gasteiger charge is -2.09. The average Bonchev–Trinajstić information content (AvgIpc) is 2.60. The smallest absolute Gasteiger partial charge is 0.258 e.